The van der Waals surface area contributed by atoms with E-state index in [1.807, 2.05) is 43.3 Å². The largest absolute Gasteiger partial charge is 0.478 e. The normalized spacial score (nSPS) is 13.9. The third-order valence-electron chi connectivity index (χ3n) is 5.77. The first-order valence-corrected chi connectivity index (χ1v) is 9.79. The second-order valence-electron chi connectivity index (χ2n) is 7.87. The number of hydrogen-bond donors (Lipinski definition) is 1. The minimum Gasteiger partial charge on any atom is -0.478 e. The lowest BCUT2D eigenvalue weighted by atomic mass is 9.98. The Morgan fingerprint density at radius 3 is 2.72 bits per heavy atom. The first-order valence-electron chi connectivity index (χ1n) is 9.79. The molecule has 0 unspecified atom stereocenters. The molecule has 0 saturated heterocycles. The Kier molecular flexibility index (Phi) is 4.01. The summed E-state index contributed by atoms with van der Waals surface area (Å²) in [6.07, 6.45) is 8.40. The van der Waals surface area contributed by atoms with E-state index in [9.17, 15) is 9.90 Å². The van der Waals surface area contributed by atoms with Gasteiger partial charge in [0.25, 0.3) is 0 Å². The Labute approximate surface area is 168 Å². The maximum Gasteiger partial charge on any atom is 0.337 e. The summed E-state index contributed by atoms with van der Waals surface area (Å²) in [5, 5.41) is 15.2. The zero-order valence-electron chi connectivity index (χ0n) is 16.5. The van der Waals surface area contributed by atoms with Gasteiger partial charge in [-0.15, -0.1) is 0 Å². The number of carbonyl (C=O) groups is 1. The number of pyridine rings is 1. The van der Waals surface area contributed by atoms with Crippen molar-refractivity contribution in [2.75, 3.05) is 0 Å². The van der Waals surface area contributed by atoms with Crippen LogP contribution in [0.1, 0.15) is 45.9 Å². The zero-order chi connectivity index (χ0) is 20.1. The topological polar surface area (TPSA) is 72.9 Å². The fourth-order valence-electron chi connectivity index (χ4n) is 4.11. The van der Waals surface area contributed by atoms with Gasteiger partial charge in [-0.25, -0.2) is 4.79 Å². The molecule has 29 heavy (non-hydrogen) atoms. The van der Waals surface area contributed by atoms with Gasteiger partial charge in [0.1, 0.15) is 0 Å². The van der Waals surface area contributed by atoms with Crippen LogP contribution >= 0.6 is 0 Å². The van der Waals surface area contributed by atoms with Gasteiger partial charge in [-0.3, -0.25) is 9.67 Å². The van der Waals surface area contributed by atoms with E-state index in [1.54, 1.807) is 6.20 Å². The smallest absolute Gasteiger partial charge is 0.337 e. The molecule has 1 fully saturated rings. The van der Waals surface area contributed by atoms with Crippen LogP contribution < -0.4 is 0 Å². The van der Waals surface area contributed by atoms with Gasteiger partial charge in [0, 0.05) is 50.1 Å². The van der Waals surface area contributed by atoms with Gasteiger partial charge in [0.15, 0.2) is 0 Å². The van der Waals surface area contributed by atoms with Gasteiger partial charge in [0.05, 0.1) is 22.5 Å². The molecule has 0 spiro atoms. The molecule has 1 aliphatic carbocycles. The summed E-state index contributed by atoms with van der Waals surface area (Å²) in [4.78, 5) is 16.4. The summed E-state index contributed by atoms with van der Waals surface area (Å²) in [6, 6.07) is 10.1. The number of aromatic nitrogens is 4. The molecule has 6 heteroatoms. The second kappa shape index (κ2) is 6.58. The molecular formula is C23H22N4O2. The van der Waals surface area contributed by atoms with E-state index in [0.717, 1.165) is 46.1 Å². The Morgan fingerprint density at radius 1 is 1.21 bits per heavy atom. The molecule has 1 aliphatic rings. The van der Waals surface area contributed by atoms with Gasteiger partial charge in [-0.1, -0.05) is 0 Å². The van der Waals surface area contributed by atoms with Crippen LogP contribution in [0.3, 0.4) is 0 Å². The number of carboxylic acid groups (broad SMARTS) is 1. The Bertz CT molecular complexity index is 1250. The molecule has 0 radical (unpaired) electrons. The van der Waals surface area contributed by atoms with Crippen molar-refractivity contribution < 1.29 is 9.90 Å². The molecular weight excluding hydrogens is 364 g/mol. The average molecular weight is 386 g/mol. The monoisotopic (exact) mass is 386 g/mol. The van der Waals surface area contributed by atoms with E-state index in [1.165, 1.54) is 0 Å². The molecule has 6 nitrogen and oxygen atoms in total. The first kappa shape index (κ1) is 17.7. The minimum absolute atomic E-state index is 0.310. The molecule has 146 valence electrons. The van der Waals surface area contributed by atoms with Crippen molar-refractivity contribution in [2.24, 2.45) is 14.1 Å². The van der Waals surface area contributed by atoms with Crippen molar-refractivity contribution >= 4 is 16.9 Å². The molecule has 1 aromatic carbocycles. The summed E-state index contributed by atoms with van der Waals surface area (Å²) in [7, 11) is 3.96. The van der Waals surface area contributed by atoms with Crippen LogP contribution in [-0.4, -0.2) is 30.4 Å². The SMILES string of the molecule is Cn1nccc1-c1cc(Cc2ncc(C3CC3)cc2C(=O)O)cc2ccn(C)c12. The highest BCUT2D eigenvalue weighted by molar-refractivity contribution is 5.95. The number of rotatable bonds is 5. The predicted octanol–water partition coefficient (Wildman–Crippen LogP) is 4.14. The standard InChI is InChI=1S/C23H22N4O2/c1-26-8-6-16-9-14(10-19(22(16)26)21-5-7-25-27(21)2)11-20-18(23(28)29)12-17(13-24-20)15-3-4-15/h5-10,12-13,15H,3-4,11H2,1-2H3,(H,28,29). The molecule has 1 saturated carbocycles. The number of benzene rings is 1. The van der Waals surface area contributed by atoms with Gasteiger partial charge >= 0.3 is 5.97 Å². The van der Waals surface area contributed by atoms with Gasteiger partial charge in [-0.2, -0.15) is 5.10 Å². The molecule has 5 rings (SSSR count). The highest BCUT2D eigenvalue weighted by atomic mass is 16.4. The van der Waals surface area contributed by atoms with Crippen molar-refractivity contribution in [1.82, 2.24) is 19.3 Å². The molecule has 1 N–H and O–H groups in total. The third-order valence-corrected chi connectivity index (χ3v) is 5.77. The van der Waals surface area contributed by atoms with Crippen molar-refractivity contribution in [1.29, 1.82) is 0 Å². The highest BCUT2D eigenvalue weighted by Gasteiger charge is 2.26. The third kappa shape index (κ3) is 3.10. The Hall–Kier alpha value is -3.41. The predicted molar refractivity (Wildman–Crippen MR) is 111 cm³/mol. The fraction of sp³-hybridized carbons (Fsp3) is 0.261. The average Bonchev–Trinajstić information content (AvgIpc) is 3.36. The van der Waals surface area contributed by atoms with Gasteiger partial charge in [-0.05, 0) is 60.2 Å². The lowest BCUT2D eigenvalue weighted by Crippen LogP contribution is -2.07. The molecule has 0 atom stereocenters. The summed E-state index contributed by atoms with van der Waals surface area (Å²) in [6.45, 7) is 0. The Balaban J connectivity index is 1.61. The summed E-state index contributed by atoms with van der Waals surface area (Å²) < 4.78 is 3.96. The number of fused-ring (bicyclic) bond motifs is 1. The number of carboxylic acids is 1. The lowest BCUT2D eigenvalue weighted by molar-refractivity contribution is 0.0695. The van der Waals surface area contributed by atoms with E-state index >= 15 is 0 Å². The van der Waals surface area contributed by atoms with Crippen LogP contribution in [0.15, 0.2) is 48.9 Å². The van der Waals surface area contributed by atoms with Crippen LogP contribution in [0.5, 0.6) is 0 Å². The molecule has 0 bridgehead atoms. The van der Waals surface area contributed by atoms with E-state index in [2.05, 4.69) is 32.8 Å². The molecule has 4 aromatic rings. The molecule has 3 aromatic heterocycles. The van der Waals surface area contributed by atoms with E-state index in [4.69, 9.17) is 0 Å². The summed E-state index contributed by atoms with van der Waals surface area (Å²) in [5.74, 6) is -0.436. The minimum atomic E-state index is -0.914. The van der Waals surface area contributed by atoms with Crippen LogP contribution in [0.25, 0.3) is 22.2 Å². The van der Waals surface area contributed by atoms with Crippen molar-refractivity contribution in [3.8, 4) is 11.3 Å². The maximum absolute atomic E-state index is 11.9. The maximum atomic E-state index is 11.9. The number of aryl methyl sites for hydroxylation is 2. The van der Waals surface area contributed by atoms with Crippen LogP contribution in [0.4, 0.5) is 0 Å². The highest BCUT2D eigenvalue weighted by Crippen LogP contribution is 2.40. The summed E-state index contributed by atoms with van der Waals surface area (Å²) in [5.41, 5.74) is 6.23. The number of aromatic carboxylic acids is 1. The fourth-order valence-corrected chi connectivity index (χ4v) is 4.11. The van der Waals surface area contributed by atoms with Crippen molar-refractivity contribution in [3.63, 3.8) is 0 Å². The van der Waals surface area contributed by atoms with Crippen molar-refractivity contribution in [2.45, 2.75) is 25.2 Å². The molecule has 3 heterocycles. The summed E-state index contributed by atoms with van der Waals surface area (Å²) >= 11 is 0. The first-order chi connectivity index (χ1) is 14.0. The van der Waals surface area contributed by atoms with Crippen LogP contribution in [-0.2, 0) is 20.5 Å². The lowest BCUT2D eigenvalue weighted by Gasteiger charge is -2.12. The van der Waals surface area contributed by atoms with E-state index < -0.39 is 5.97 Å². The number of hydrogen-bond acceptors (Lipinski definition) is 3. The Morgan fingerprint density at radius 2 is 2.03 bits per heavy atom. The van der Waals surface area contributed by atoms with Gasteiger partial charge in [0.2, 0.25) is 0 Å². The van der Waals surface area contributed by atoms with E-state index in [0.29, 0.717) is 23.6 Å². The molecule has 0 amide bonds. The van der Waals surface area contributed by atoms with Crippen LogP contribution in [0.2, 0.25) is 0 Å². The van der Waals surface area contributed by atoms with Crippen molar-refractivity contribution in [3.05, 3.63) is 71.3 Å². The second-order valence-corrected chi connectivity index (χ2v) is 7.87. The van der Waals surface area contributed by atoms with E-state index in [-0.39, 0.29) is 0 Å². The van der Waals surface area contributed by atoms with Gasteiger partial charge < -0.3 is 9.67 Å². The number of nitrogens with zero attached hydrogens (tertiary/aromatic N) is 4. The zero-order valence-corrected chi connectivity index (χ0v) is 16.5. The van der Waals surface area contributed by atoms with Crippen LogP contribution in [0, 0.1) is 0 Å². The quantitative estimate of drug-likeness (QED) is 0.559. The molecule has 0 aliphatic heterocycles.